The molecule has 2 atom stereocenters. The molecule has 2 unspecified atom stereocenters. The van der Waals surface area contributed by atoms with Gasteiger partial charge in [0.25, 0.3) is 0 Å². The third-order valence-corrected chi connectivity index (χ3v) is 3.46. The monoisotopic (exact) mass is 241 g/mol. The lowest BCUT2D eigenvalue weighted by atomic mass is 10.3. The highest BCUT2D eigenvalue weighted by molar-refractivity contribution is 8.00. The van der Waals surface area contributed by atoms with Crippen molar-refractivity contribution in [2.75, 3.05) is 0 Å². The maximum atomic E-state index is 9.42. The lowest BCUT2D eigenvalue weighted by molar-refractivity contribution is 0.196. The first kappa shape index (κ1) is 12.8. The van der Waals surface area contributed by atoms with Crippen molar-refractivity contribution in [1.82, 2.24) is 4.98 Å². The Morgan fingerprint density at radius 1 is 1.56 bits per heavy atom. The zero-order valence-corrected chi connectivity index (χ0v) is 9.98. The Bertz CT molecular complexity index is 382. The Morgan fingerprint density at radius 2 is 2.25 bits per heavy atom. The van der Waals surface area contributed by atoms with Crippen molar-refractivity contribution >= 4 is 17.6 Å². The van der Waals surface area contributed by atoms with Crippen LogP contribution in [0.15, 0.2) is 28.4 Å². The second kappa shape index (κ2) is 5.72. The number of thioether (sulfide) groups is 1. The summed E-state index contributed by atoms with van der Waals surface area (Å²) in [5.41, 5.74) is 5.94. The van der Waals surface area contributed by atoms with Gasteiger partial charge in [-0.1, -0.05) is 12.1 Å². The molecule has 1 heterocycles. The van der Waals surface area contributed by atoms with Gasteiger partial charge in [0.1, 0.15) is 5.69 Å². The molecule has 5 nitrogen and oxygen atoms in total. The third-order valence-electron chi connectivity index (χ3n) is 2.11. The molecule has 0 fully saturated rings. The maximum absolute atomic E-state index is 9.42. The van der Waals surface area contributed by atoms with Crippen LogP contribution in [0.4, 0.5) is 0 Å². The number of aliphatic hydroxyl groups is 1. The molecule has 0 aromatic carbocycles. The van der Waals surface area contributed by atoms with Crippen LogP contribution in [-0.2, 0) is 0 Å². The van der Waals surface area contributed by atoms with E-state index in [0.717, 1.165) is 4.90 Å². The van der Waals surface area contributed by atoms with Gasteiger partial charge in [0.2, 0.25) is 0 Å². The molecule has 0 saturated heterocycles. The molecule has 0 radical (unpaired) electrons. The maximum Gasteiger partial charge on any atom is 0.189 e. The van der Waals surface area contributed by atoms with E-state index in [9.17, 15) is 5.11 Å². The summed E-state index contributed by atoms with van der Waals surface area (Å²) >= 11 is 1.44. The molecular formula is C10H15N3O2S. The van der Waals surface area contributed by atoms with Crippen LogP contribution in [0, 0.1) is 0 Å². The molecule has 0 aliphatic heterocycles. The molecule has 0 saturated carbocycles. The van der Waals surface area contributed by atoms with Crippen molar-refractivity contribution < 1.29 is 10.3 Å². The number of hydrogen-bond acceptors (Lipinski definition) is 5. The van der Waals surface area contributed by atoms with Gasteiger partial charge in [0, 0.05) is 16.3 Å². The Morgan fingerprint density at radius 3 is 2.81 bits per heavy atom. The SMILES string of the molecule is CC(O)C(C)Sc1cccnc1/C(N)=N/O. The Balaban J connectivity index is 2.96. The first-order valence-electron chi connectivity index (χ1n) is 4.84. The molecule has 1 rings (SSSR count). The topological polar surface area (TPSA) is 91.7 Å². The van der Waals surface area contributed by atoms with Crippen LogP contribution in [0.3, 0.4) is 0 Å². The van der Waals surface area contributed by atoms with Crippen LogP contribution < -0.4 is 5.73 Å². The van der Waals surface area contributed by atoms with E-state index in [0.29, 0.717) is 5.69 Å². The van der Waals surface area contributed by atoms with Crippen molar-refractivity contribution in [2.24, 2.45) is 10.9 Å². The lowest BCUT2D eigenvalue weighted by Crippen LogP contribution is -2.19. The fraction of sp³-hybridized carbons (Fsp3) is 0.400. The first-order chi connectivity index (χ1) is 7.56. The van der Waals surface area contributed by atoms with Gasteiger partial charge in [-0.25, -0.2) is 0 Å². The third kappa shape index (κ3) is 3.11. The predicted molar refractivity (Wildman–Crippen MR) is 63.7 cm³/mol. The number of pyridine rings is 1. The molecule has 4 N–H and O–H groups in total. The van der Waals surface area contributed by atoms with Gasteiger partial charge in [-0.3, -0.25) is 4.98 Å². The second-order valence-corrected chi connectivity index (χ2v) is 4.82. The predicted octanol–water partition coefficient (Wildman–Crippen LogP) is 1.04. The highest BCUT2D eigenvalue weighted by Crippen LogP contribution is 2.27. The van der Waals surface area contributed by atoms with Crippen molar-refractivity contribution in [3.05, 3.63) is 24.0 Å². The normalized spacial score (nSPS) is 15.8. The molecule has 1 aromatic heterocycles. The number of nitrogens with zero attached hydrogens (tertiary/aromatic N) is 2. The minimum atomic E-state index is -0.439. The van der Waals surface area contributed by atoms with Gasteiger partial charge in [-0.15, -0.1) is 11.8 Å². The molecule has 0 bridgehead atoms. The summed E-state index contributed by atoms with van der Waals surface area (Å²) in [7, 11) is 0. The highest BCUT2D eigenvalue weighted by atomic mass is 32.2. The fourth-order valence-corrected chi connectivity index (χ4v) is 2.05. The van der Waals surface area contributed by atoms with E-state index in [2.05, 4.69) is 10.1 Å². The van der Waals surface area contributed by atoms with Crippen LogP contribution in [0.2, 0.25) is 0 Å². The van der Waals surface area contributed by atoms with E-state index in [1.54, 1.807) is 19.2 Å². The quantitative estimate of drug-likeness (QED) is 0.241. The van der Waals surface area contributed by atoms with Gasteiger partial charge in [0.15, 0.2) is 5.84 Å². The van der Waals surface area contributed by atoms with Crippen molar-refractivity contribution in [3.63, 3.8) is 0 Å². The summed E-state index contributed by atoms with van der Waals surface area (Å²) in [6.45, 7) is 3.62. The largest absolute Gasteiger partial charge is 0.409 e. The van der Waals surface area contributed by atoms with Crippen LogP contribution in [0.25, 0.3) is 0 Å². The number of amidine groups is 1. The van der Waals surface area contributed by atoms with E-state index >= 15 is 0 Å². The number of rotatable bonds is 4. The van der Waals surface area contributed by atoms with Crippen molar-refractivity contribution in [2.45, 2.75) is 30.1 Å². The molecule has 0 spiro atoms. The van der Waals surface area contributed by atoms with Gasteiger partial charge in [-0.2, -0.15) is 0 Å². The summed E-state index contributed by atoms with van der Waals surface area (Å²) in [5.74, 6) is -0.0270. The Labute approximate surface area is 98.4 Å². The van der Waals surface area contributed by atoms with Gasteiger partial charge in [-0.05, 0) is 19.1 Å². The molecule has 1 aromatic rings. The van der Waals surface area contributed by atoms with E-state index in [1.807, 2.05) is 13.0 Å². The van der Waals surface area contributed by atoms with Crippen LogP contribution >= 0.6 is 11.8 Å². The standard InChI is InChI=1S/C10H15N3O2S/c1-6(14)7(2)16-8-4-3-5-12-9(8)10(11)13-15/h3-7,14-15H,1-2H3,(H2,11,13). The molecule has 0 aliphatic carbocycles. The van der Waals surface area contributed by atoms with E-state index in [1.165, 1.54) is 11.8 Å². The zero-order valence-electron chi connectivity index (χ0n) is 9.16. The van der Waals surface area contributed by atoms with Crippen LogP contribution in [0.5, 0.6) is 0 Å². The minimum absolute atomic E-state index is 0.00874. The molecule has 16 heavy (non-hydrogen) atoms. The second-order valence-electron chi connectivity index (χ2n) is 3.40. The molecule has 88 valence electrons. The molecular weight excluding hydrogens is 226 g/mol. The molecule has 0 aliphatic rings. The smallest absolute Gasteiger partial charge is 0.189 e. The average Bonchev–Trinajstić information content (AvgIpc) is 2.28. The summed E-state index contributed by atoms with van der Waals surface area (Å²) in [4.78, 5) is 4.83. The van der Waals surface area contributed by atoms with Crippen LogP contribution in [-0.4, -0.2) is 32.5 Å². The van der Waals surface area contributed by atoms with E-state index in [-0.39, 0.29) is 11.1 Å². The van der Waals surface area contributed by atoms with Gasteiger partial charge in [0.05, 0.1) is 6.10 Å². The van der Waals surface area contributed by atoms with Gasteiger partial charge >= 0.3 is 0 Å². The summed E-state index contributed by atoms with van der Waals surface area (Å²) in [6, 6.07) is 3.59. The number of nitrogens with two attached hydrogens (primary N) is 1. The highest BCUT2D eigenvalue weighted by Gasteiger charge is 2.15. The minimum Gasteiger partial charge on any atom is -0.409 e. The summed E-state index contributed by atoms with van der Waals surface area (Å²) in [5, 5.41) is 21.0. The van der Waals surface area contributed by atoms with Crippen molar-refractivity contribution in [3.8, 4) is 0 Å². The van der Waals surface area contributed by atoms with E-state index < -0.39 is 6.10 Å². The zero-order chi connectivity index (χ0) is 12.1. The molecule has 6 heteroatoms. The fourth-order valence-electron chi connectivity index (χ4n) is 1.02. The van der Waals surface area contributed by atoms with Gasteiger partial charge < -0.3 is 16.0 Å². The first-order valence-corrected chi connectivity index (χ1v) is 5.72. The Hall–Kier alpha value is -1.27. The number of hydrogen-bond donors (Lipinski definition) is 3. The number of aromatic nitrogens is 1. The lowest BCUT2D eigenvalue weighted by Gasteiger charge is -2.15. The average molecular weight is 241 g/mol. The number of oxime groups is 1. The summed E-state index contributed by atoms with van der Waals surface area (Å²) < 4.78 is 0. The van der Waals surface area contributed by atoms with Crippen molar-refractivity contribution in [1.29, 1.82) is 0 Å². The van der Waals surface area contributed by atoms with E-state index in [4.69, 9.17) is 10.9 Å². The number of aliphatic hydroxyl groups excluding tert-OH is 1. The summed E-state index contributed by atoms with van der Waals surface area (Å²) in [6.07, 6.45) is 1.13. The molecule has 0 amide bonds. The van der Waals surface area contributed by atoms with Crippen LogP contribution in [0.1, 0.15) is 19.5 Å². The Kier molecular flexibility index (Phi) is 4.57.